The third-order valence-electron chi connectivity index (χ3n) is 4.13. The number of hydrogen-bond acceptors (Lipinski definition) is 1. The summed E-state index contributed by atoms with van der Waals surface area (Å²) in [5.41, 5.74) is 1.00. The Balaban J connectivity index is 1.70. The molecule has 0 bridgehead atoms. The molecule has 0 aromatic heterocycles. The number of rotatable bonds is 5. The summed E-state index contributed by atoms with van der Waals surface area (Å²) in [6, 6.07) is 5.53. The lowest BCUT2D eigenvalue weighted by Crippen LogP contribution is -2.35. The monoisotopic (exact) mass is 267 g/mol. The van der Waals surface area contributed by atoms with E-state index in [4.69, 9.17) is 11.6 Å². The summed E-state index contributed by atoms with van der Waals surface area (Å²) in [4.78, 5) is 0. The second-order valence-corrected chi connectivity index (χ2v) is 6.16. The molecule has 3 heteroatoms. The van der Waals surface area contributed by atoms with Crippen molar-refractivity contribution in [3.8, 4) is 0 Å². The third kappa shape index (κ3) is 2.70. The Morgan fingerprint density at radius 2 is 1.83 bits per heavy atom. The lowest BCUT2D eigenvalue weighted by molar-refractivity contribution is 0.377. The molecule has 1 nitrogen and oxygen atoms in total. The van der Waals surface area contributed by atoms with Gasteiger partial charge in [0.1, 0.15) is 5.82 Å². The Labute approximate surface area is 113 Å². The number of hydrogen-bond donors (Lipinski definition) is 1. The normalized spacial score (nSPS) is 21.3. The molecule has 0 saturated heterocycles. The van der Waals surface area contributed by atoms with Crippen LogP contribution in [0.2, 0.25) is 5.02 Å². The highest BCUT2D eigenvalue weighted by Gasteiger charge is 2.41. The summed E-state index contributed by atoms with van der Waals surface area (Å²) in [5, 5.41) is 4.24. The van der Waals surface area contributed by atoms with E-state index in [1.807, 2.05) is 0 Å². The van der Waals surface area contributed by atoms with Gasteiger partial charge in [0.25, 0.3) is 0 Å². The first-order chi connectivity index (χ1) is 8.65. The zero-order valence-corrected chi connectivity index (χ0v) is 11.4. The standard InChI is InChI=1S/C15H19ClFN/c1-9(13-7-6-12(17)8-14(13)16)18-15(10-2-3-10)11-4-5-11/h6-11,15,18H,2-5H2,1H3. The highest BCUT2D eigenvalue weighted by atomic mass is 35.5. The maximum absolute atomic E-state index is 13.0. The molecule has 0 heterocycles. The van der Waals surface area contributed by atoms with E-state index in [-0.39, 0.29) is 11.9 Å². The molecule has 2 aliphatic rings. The molecule has 1 N–H and O–H groups in total. The van der Waals surface area contributed by atoms with Gasteiger partial charge in [-0.1, -0.05) is 17.7 Å². The van der Waals surface area contributed by atoms with Crippen molar-refractivity contribution in [1.29, 1.82) is 0 Å². The maximum atomic E-state index is 13.0. The number of benzene rings is 1. The largest absolute Gasteiger partial charge is 0.307 e. The molecule has 1 aromatic rings. The van der Waals surface area contributed by atoms with Gasteiger partial charge in [-0.2, -0.15) is 0 Å². The zero-order chi connectivity index (χ0) is 12.7. The first kappa shape index (κ1) is 12.4. The van der Waals surface area contributed by atoms with Gasteiger partial charge in [-0.3, -0.25) is 0 Å². The summed E-state index contributed by atoms with van der Waals surface area (Å²) in [5.74, 6) is 1.45. The molecule has 0 spiro atoms. The summed E-state index contributed by atoms with van der Waals surface area (Å²) in [7, 11) is 0. The van der Waals surface area contributed by atoms with Crippen LogP contribution in [0.5, 0.6) is 0 Å². The van der Waals surface area contributed by atoms with E-state index in [0.29, 0.717) is 11.1 Å². The van der Waals surface area contributed by atoms with Gasteiger partial charge in [0.2, 0.25) is 0 Å². The smallest absolute Gasteiger partial charge is 0.124 e. The van der Waals surface area contributed by atoms with E-state index >= 15 is 0 Å². The minimum Gasteiger partial charge on any atom is -0.307 e. The second kappa shape index (κ2) is 4.82. The van der Waals surface area contributed by atoms with Crippen molar-refractivity contribution < 1.29 is 4.39 Å². The molecule has 1 unspecified atom stereocenters. The summed E-state index contributed by atoms with van der Waals surface area (Å²) in [6.45, 7) is 2.12. The van der Waals surface area contributed by atoms with E-state index in [9.17, 15) is 4.39 Å². The fourth-order valence-corrected chi connectivity index (χ4v) is 3.13. The molecular formula is C15H19ClFN. The van der Waals surface area contributed by atoms with Crippen LogP contribution in [-0.4, -0.2) is 6.04 Å². The van der Waals surface area contributed by atoms with Crippen LogP contribution in [0.25, 0.3) is 0 Å². The molecule has 0 amide bonds. The van der Waals surface area contributed by atoms with Crippen LogP contribution < -0.4 is 5.32 Å². The molecule has 0 aliphatic heterocycles. The Bertz CT molecular complexity index is 428. The Kier molecular flexibility index (Phi) is 3.33. The van der Waals surface area contributed by atoms with E-state index < -0.39 is 0 Å². The van der Waals surface area contributed by atoms with Crippen LogP contribution >= 0.6 is 11.6 Å². The SMILES string of the molecule is CC(NC(C1CC1)C1CC1)c1ccc(F)cc1Cl. The van der Waals surface area contributed by atoms with Crippen molar-refractivity contribution in [3.63, 3.8) is 0 Å². The average Bonchev–Trinajstić information content (AvgIpc) is 3.17. The molecule has 1 atom stereocenters. The lowest BCUT2D eigenvalue weighted by Gasteiger charge is -2.24. The molecule has 2 saturated carbocycles. The van der Waals surface area contributed by atoms with Gasteiger partial charge >= 0.3 is 0 Å². The first-order valence-corrected chi connectivity index (χ1v) is 7.24. The van der Waals surface area contributed by atoms with Crippen molar-refractivity contribution in [2.75, 3.05) is 0 Å². The predicted molar refractivity (Wildman–Crippen MR) is 72.2 cm³/mol. The average molecular weight is 268 g/mol. The molecule has 0 radical (unpaired) electrons. The van der Waals surface area contributed by atoms with Gasteiger partial charge in [-0.05, 0) is 62.1 Å². The van der Waals surface area contributed by atoms with Crippen LogP contribution in [-0.2, 0) is 0 Å². The second-order valence-electron chi connectivity index (χ2n) is 5.75. The van der Waals surface area contributed by atoms with Crippen molar-refractivity contribution in [2.45, 2.75) is 44.7 Å². The molecule has 3 rings (SSSR count). The summed E-state index contributed by atoms with van der Waals surface area (Å²) >= 11 is 6.12. The van der Waals surface area contributed by atoms with E-state index in [0.717, 1.165) is 17.4 Å². The fourth-order valence-electron chi connectivity index (χ4n) is 2.80. The van der Waals surface area contributed by atoms with Gasteiger partial charge in [0, 0.05) is 17.1 Å². The topological polar surface area (TPSA) is 12.0 Å². The third-order valence-corrected chi connectivity index (χ3v) is 4.46. The summed E-state index contributed by atoms with van der Waals surface area (Å²) < 4.78 is 13.0. The minimum absolute atomic E-state index is 0.198. The predicted octanol–water partition coefficient (Wildman–Crippen LogP) is 4.32. The summed E-state index contributed by atoms with van der Waals surface area (Å²) in [6.07, 6.45) is 5.44. The van der Waals surface area contributed by atoms with Crippen molar-refractivity contribution in [2.24, 2.45) is 11.8 Å². The van der Waals surface area contributed by atoms with Gasteiger partial charge in [0.15, 0.2) is 0 Å². The quantitative estimate of drug-likeness (QED) is 0.838. The van der Waals surface area contributed by atoms with Gasteiger partial charge in [0.05, 0.1) is 0 Å². The van der Waals surface area contributed by atoms with Crippen molar-refractivity contribution >= 4 is 11.6 Å². The van der Waals surface area contributed by atoms with Crippen LogP contribution in [0.15, 0.2) is 18.2 Å². The van der Waals surface area contributed by atoms with E-state index in [1.54, 1.807) is 6.07 Å². The maximum Gasteiger partial charge on any atom is 0.124 e. The number of nitrogens with one attached hydrogen (secondary N) is 1. The highest BCUT2D eigenvalue weighted by Crippen LogP contribution is 2.45. The highest BCUT2D eigenvalue weighted by molar-refractivity contribution is 6.31. The van der Waals surface area contributed by atoms with E-state index in [1.165, 1.54) is 37.8 Å². The molecule has 1 aromatic carbocycles. The molecular weight excluding hydrogens is 249 g/mol. The molecule has 2 fully saturated rings. The first-order valence-electron chi connectivity index (χ1n) is 6.86. The molecule has 98 valence electrons. The Morgan fingerprint density at radius 1 is 1.22 bits per heavy atom. The van der Waals surface area contributed by atoms with Crippen LogP contribution in [0, 0.1) is 17.7 Å². The lowest BCUT2D eigenvalue weighted by atomic mass is 10.0. The van der Waals surface area contributed by atoms with E-state index in [2.05, 4.69) is 12.2 Å². The Hall–Kier alpha value is -0.600. The molecule has 18 heavy (non-hydrogen) atoms. The molecule has 2 aliphatic carbocycles. The van der Waals surface area contributed by atoms with Crippen LogP contribution in [0.4, 0.5) is 4.39 Å². The van der Waals surface area contributed by atoms with Crippen molar-refractivity contribution in [3.05, 3.63) is 34.6 Å². The Morgan fingerprint density at radius 3 is 2.33 bits per heavy atom. The van der Waals surface area contributed by atoms with Crippen LogP contribution in [0.1, 0.15) is 44.2 Å². The minimum atomic E-state index is -0.267. The van der Waals surface area contributed by atoms with Gasteiger partial charge in [-0.25, -0.2) is 4.39 Å². The van der Waals surface area contributed by atoms with Gasteiger partial charge in [-0.15, -0.1) is 0 Å². The van der Waals surface area contributed by atoms with Gasteiger partial charge < -0.3 is 5.32 Å². The van der Waals surface area contributed by atoms with Crippen molar-refractivity contribution in [1.82, 2.24) is 5.32 Å². The zero-order valence-electron chi connectivity index (χ0n) is 10.6. The van der Waals surface area contributed by atoms with Crippen LogP contribution in [0.3, 0.4) is 0 Å². The fraction of sp³-hybridized carbons (Fsp3) is 0.600. The number of halogens is 2.